The van der Waals surface area contributed by atoms with Crippen molar-refractivity contribution in [2.75, 3.05) is 0 Å². The SMILES string of the molecule is CC1CCC(C(O)c2cn[nH]c2)CC1. The van der Waals surface area contributed by atoms with Crippen LogP contribution in [0.3, 0.4) is 0 Å². The molecule has 1 saturated carbocycles. The van der Waals surface area contributed by atoms with E-state index in [4.69, 9.17) is 0 Å². The average Bonchev–Trinajstić information content (AvgIpc) is 2.71. The third-order valence-electron chi connectivity index (χ3n) is 3.37. The van der Waals surface area contributed by atoms with Crippen molar-refractivity contribution >= 4 is 0 Å². The summed E-state index contributed by atoms with van der Waals surface area (Å²) in [5.74, 6) is 1.27. The lowest BCUT2D eigenvalue weighted by Crippen LogP contribution is -2.18. The summed E-state index contributed by atoms with van der Waals surface area (Å²) >= 11 is 0. The highest BCUT2D eigenvalue weighted by molar-refractivity contribution is 5.08. The molecule has 3 nitrogen and oxygen atoms in total. The molecule has 2 rings (SSSR count). The Labute approximate surface area is 84.5 Å². The minimum atomic E-state index is -0.318. The van der Waals surface area contributed by atoms with Gasteiger partial charge in [0.1, 0.15) is 0 Å². The van der Waals surface area contributed by atoms with Crippen LogP contribution < -0.4 is 0 Å². The van der Waals surface area contributed by atoms with Crippen molar-refractivity contribution in [1.82, 2.24) is 10.2 Å². The molecule has 14 heavy (non-hydrogen) atoms. The Morgan fingerprint density at radius 3 is 2.71 bits per heavy atom. The zero-order valence-electron chi connectivity index (χ0n) is 8.61. The molecule has 0 aliphatic heterocycles. The molecule has 0 radical (unpaired) electrons. The first kappa shape index (κ1) is 9.71. The Hall–Kier alpha value is -0.830. The highest BCUT2D eigenvalue weighted by Crippen LogP contribution is 2.36. The lowest BCUT2D eigenvalue weighted by atomic mass is 9.79. The van der Waals surface area contributed by atoms with Crippen molar-refractivity contribution in [3.63, 3.8) is 0 Å². The number of nitrogens with one attached hydrogen (secondary N) is 1. The Bertz CT molecular complexity index is 263. The fourth-order valence-corrected chi connectivity index (χ4v) is 2.30. The molecule has 1 unspecified atom stereocenters. The summed E-state index contributed by atoms with van der Waals surface area (Å²) in [5, 5.41) is 16.7. The second kappa shape index (κ2) is 4.13. The van der Waals surface area contributed by atoms with Gasteiger partial charge in [0, 0.05) is 11.8 Å². The van der Waals surface area contributed by atoms with Crippen LogP contribution in [0.25, 0.3) is 0 Å². The van der Waals surface area contributed by atoms with Crippen LogP contribution in [-0.4, -0.2) is 15.3 Å². The van der Waals surface area contributed by atoms with E-state index in [0.29, 0.717) is 5.92 Å². The first-order valence-electron chi connectivity index (χ1n) is 5.44. The topological polar surface area (TPSA) is 48.9 Å². The third-order valence-corrected chi connectivity index (χ3v) is 3.37. The Kier molecular flexibility index (Phi) is 2.87. The van der Waals surface area contributed by atoms with Crippen molar-refractivity contribution in [3.8, 4) is 0 Å². The molecule has 0 aromatic carbocycles. The number of H-pyrrole nitrogens is 1. The predicted octanol–water partition coefficient (Wildman–Crippen LogP) is 2.27. The van der Waals surface area contributed by atoms with E-state index in [0.717, 1.165) is 24.3 Å². The zero-order chi connectivity index (χ0) is 9.97. The first-order chi connectivity index (χ1) is 6.77. The van der Waals surface area contributed by atoms with E-state index in [-0.39, 0.29) is 6.10 Å². The number of nitrogens with zero attached hydrogens (tertiary/aromatic N) is 1. The standard InChI is InChI=1S/C11H18N2O/c1-8-2-4-9(5-3-8)11(14)10-6-12-13-7-10/h6-9,11,14H,2-5H2,1H3,(H,12,13). The van der Waals surface area contributed by atoms with Crippen LogP contribution in [0.5, 0.6) is 0 Å². The molecule has 0 amide bonds. The molecular weight excluding hydrogens is 176 g/mol. The Balaban J connectivity index is 1.95. The van der Waals surface area contributed by atoms with E-state index in [1.807, 2.05) is 0 Å². The monoisotopic (exact) mass is 194 g/mol. The third kappa shape index (κ3) is 1.98. The fourth-order valence-electron chi connectivity index (χ4n) is 2.30. The van der Waals surface area contributed by atoms with E-state index >= 15 is 0 Å². The normalized spacial score (nSPS) is 30.1. The van der Waals surface area contributed by atoms with Gasteiger partial charge >= 0.3 is 0 Å². The number of aliphatic hydroxyl groups excluding tert-OH is 1. The second-order valence-electron chi connectivity index (χ2n) is 4.50. The van der Waals surface area contributed by atoms with Crippen molar-refractivity contribution in [2.24, 2.45) is 11.8 Å². The summed E-state index contributed by atoms with van der Waals surface area (Å²) in [6.07, 6.45) is 7.99. The van der Waals surface area contributed by atoms with Crippen LogP contribution in [0.15, 0.2) is 12.4 Å². The van der Waals surface area contributed by atoms with Crippen molar-refractivity contribution in [1.29, 1.82) is 0 Å². The summed E-state index contributed by atoms with van der Waals surface area (Å²) in [6, 6.07) is 0. The number of hydrogen-bond donors (Lipinski definition) is 2. The number of aromatic nitrogens is 2. The lowest BCUT2D eigenvalue weighted by molar-refractivity contribution is 0.0756. The maximum Gasteiger partial charge on any atom is 0.0848 e. The number of rotatable bonds is 2. The number of aliphatic hydroxyl groups is 1. The van der Waals surface area contributed by atoms with Gasteiger partial charge in [-0.05, 0) is 24.7 Å². The van der Waals surface area contributed by atoms with Gasteiger partial charge in [-0.15, -0.1) is 0 Å². The first-order valence-corrected chi connectivity index (χ1v) is 5.44. The largest absolute Gasteiger partial charge is 0.388 e. The molecule has 2 N–H and O–H groups in total. The second-order valence-corrected chi connectivity index (χ2v) is 4.50. The van der Waals surface area contributed by atoms with E-state index in [2.05, 4.69) is 17.1 Å². The van der Waals surface area contributed by atoms with Gasteiger partial charge in [-0.25, -0.2) is 0 Å². The quantitative estimate of drug-likeness (QED) is 0.758. The zero-order valence-corrected chi connectivity index (χ0v) is 8.61. The van der Waals surface area contributed by atoms with Crippen LogP contribution in [0, 0.1) is 11.8 Å². The maximum atomic E-state index is 10.1. The van der Waals surface area contributed by atoms with Gasteiger partial charge in [-0.2, -0.15) is 5.10 Å². The molecule has 1 aromatic heterocycles. The van der Waals surface area contributed by atoms with E-state index in [1.54, 1.807) is 12.4 Å². The van der Waals surface area contributed by atoms with Gasteiger partial charge in [-0.1, -0.05) is 19.8 Å². The number of aromatic amines is 1. The van der Waals surface area contributed by atoms with E-state index in [9.17, 15) is 5.11 Å². The highest BCUT2D eigenvalue weighted by atomic mass is 16.3. The lowest BCUT2D eigenvalue weighted by Gasteiger charge is -2.29. The molecule has 0 spiro atoms. The van der Waals surface area contributed by atoms with Crippen LogP contribution in [0.4, 0.5) is 0 Å². The smallest absolute Gasteiger partial charge is 0.0848 e. The molecule has 1 fully saturated rings. The molecule has 0 bridgehead atoms. The molecule has 0 saturated heterocycles. The molecule has 1 heterocycles. The van der Waals surface area contributed by atoms with Crippen molar-refractivity contribution in [3.05, 3.63) is 18.0 Å². The summed E-state index contributed by atoms with van der Waals surface area (Å²) in [5.41, 5.74) is 0.935. The molecule has 1 atom stereocenters. The maximum absolute atomic E-state index is 10.1. The summed E-state index contributed by atoms with van der Waals surface area (Å²) in [6.45, 7) is 2.29. The van der Waals surface area contributed by atoms with Gasteiger partial charge in [-0.3, -0.25) is 5.10 Å². The summed E-state index contributed by atoms with van der Waals surface area (Å²) in [4.78, 5) is 0. The van der Waals surface area contributed by atoms with Crippen LogP contribution in [0.1, 0.15) is 44.3 Å². The molecule has 1 aliphatic rings. The predicted molar refractivity (Wildman–Crippen MR) is 54.7 cm³/mol. The summed E-state index contributed by atoms with van der Waals surface area (Å²) < 4.78 is 0. The Morgan fingerprint density at radius 2 is 2.14 bits per heavy atom. The molecule has 1 aromatic rings. The van der Waals surface area contributed by atoms with E-state index in [1.165, 1.54) is 12.8 Å². The van der Waals surface area contributed by atoms with Gasteiger partial charge in [0.05, 0.1) is 12.3 Å². The molecular formula is C11H18N2O. The van der Waals surface area contributed by atoms with Crippen molar-refractivity contribution in [2.45, 2.75) is 38.7 Å². The Morgan fingerprint density at radius 1 is 1.43 bits per heavy atom. The van der Waals surface area contributed by atoms with Gasteiger partial charge in [0.2, 0.25) is 0 Å². The summed E-state index contributed by atoms with van der Waals surface area (Å²) in [7, 11) is 0. The van der Waals surface area contributed by atoms with Gasteiger partial charge in [0.15, 0.2) is 0 Å². The molecule has 3 heteroatoms. The van der Waals surface area contributed by atoms with Gasteiger partial charge in [0.25, 0.3) is 0 Å². The van der Waals surface area contributed by atoms with Crippen LogP contribution in [0.2, 0.25) is 0 Å². The van der Waals surface area contributed by atoms with Crippen molar-refractivity contribution < 1.29 is 5.11 Å². The minimum Gasteiger partial charge on any atom is -0.388 e. The molecule has 78 valence electrons. The van der Waals surface area contributed by atoms with Crippen LogP contribution >= 0.6 is 0 Å². The fraction of sp³-hybridized carbons (Fsp3) is 0.727. The number of hydrogen-bond acceptors (Lipinski definition) is 2. The van der Waals surface area contributed by atoms with Gasteiger partial charge < -0.3 is 5.11 Å². The average molecular weight is 194 g/mol. The van der Waals surface area contributed by atoms with Crippen LogP contribution in [-0.2, 0) is 0 Å². The molecule has 1 aliphatic carbocycles. The van der Waals surface area contributed by atoms with E-state index < -0.39 is 0 Å². The minimum absolute atomic E-state index is 0.318. The highest BCUT2D eigenvalue weighted by Gasteiger charge is 2.25.